The molecule has 0 saturated heterocycles. The number of carbonyl (C=O) groups is 1. The highest BCUT2D eigenvalue weighted by molar-refractivity contribution is 7.92. The minimum Gasteiger partial charge on any atom is -0.325 e. The van der Waals surface area contributed by atoms with Gasteiger partial charge in [0, 0.05) is 11.4 Å². The van der Waals surface area contributed by atoms with Crippen LogP contribution in [-0.4, -0.2) is 29.6 Å². The molecule has 0 radical (unpaired) electrons. The van der Waals surface area contributed by atoms with Gasteiger partial charge in [0.1, 0.15) is 12.4 Å². The van der Waals surface area contributed by atoms with Gasteiger partial charge in [-0.2, -0.15) is 0 Å². The summed E-state index contributed by atoms with van der Waals surface area (Å²) < 4.78 is 27.4. The van der Waals surface area contributed by atoms with Gasteiger partial charge in [-0.1, -0.05) is 19.1 Å². The van der Waals surface area contributed by atoms with Crippen LogP contribution in [0, 0.1) is 6.92 Å². The minimum absolute atomic E-state index is 0.0411. The van der Waals surface area contributed by atoms with Crippen molar-refractivity contribution in [3.8, 4) is 0 Å². The molecule has 0 unspecified atom stereocenters. The number of nitrogens with one attached hydrogen (secondary N) is 2. The fourth-order valence-corrected chi connectivity index (χ4v) is 4.06. The number of aromatic nitrogens is 2. The Kier molecular flexibility index (Phi) is 5.97. The maximum Gasteiger partial charge on any atom is 0.261 e. The first-order valence-corrected chi connectivity index (χ1v) is 10.8. The number of amides is 1. The van der Waals surface area contributed by atoms with Crippen molar-refractivity contribution >= 4 is 38.2 Å². The standard InChI is InChI=1S/C20H22N4O4S/c1-3-12-29(27,28)23-16-10-8-15(9-11-16)22-19(25)13-24-14(2)21-18-7-5-4-6-17(18)20(24)26/h4-11,23H,3,12-13H2,1-2H3,(H,22,25). The van der Waals surface area contributed by atoms with Crippen molar-refractivity contribution in [1.82, 2.24) is 9.55 Å². The summed E-state index contributed by atoms with van der Waals surface area (Å²) in [6.45, 7) is 3.29. The molecule has 1 amide bonds. The number of carbonyl (C=O) groups excluding carboxylic acids is 1. The number of hydrogen-bond acceptors (Lipinski definition) is 5. The lowest BCUT2D eigenvalue weighted by molar-refractivity contribution is -0.116. The summed E-state index contributed by atoms with van der Waals surface area (Å²) in [6.07, 6.45) is 0.520. The molecule has 0 fully saturated rings. The third-order valence-corrected chi connectivity index (χ3v) is 5.76. The number of hydrogen-bond donors (Lipinski definition) is 2. The van der Waals surface area contributed by atoms with Crippen LogP contribution >= 0.6 is 0 Å². The van der Waals surface area contributed by atoms with Crippen LogP contribution in [0.2, 0.25) is 0 Å². The van der Waals surface area contributed by atoms with E-state index in [0.717, 1.165) is 0 Å². The van der Waals surface area contributed by atoms with Crippen LogP contribution in [0.25, 0.3) is 10.9 Å². The highest BCUT2D eigenvalue weighted by Gasteiger charge is 2.12. The minimum atomic E-state index is -3.37. The molecule has 0 atom stereocenters. The van der Waals surface area contributed by atoms with Crippen molar-refractivity contribution < 1.29 is 13.2 Å². The van der Waals surface area contributed by atoms with Crippen molar-refractivity contribution in [3.05, 3.63) is 64.7 Å². The smallest absolute Gasteiger partial charge is 0.261 e. The van der Waals surface area contributed by atoms with E-state index in [-0.39, 0.29) is 23.8 Å². The van der Waals surface area contributed by atoms with Crippen molar-refractivity contribution in [2.24, 2.45) is 0 Å². The molecule has 29 heavy (non-hydrogen) atoms. The Morgan fingerprint density at radius 1 is 1.07 bits per heavy atom. The third-order valence-electron chi connectivity index (χ3n) is 4.27. The predicted molar refractivity (Wildman–Crippen MR) is 114 cm³/mol. The molecule has 1 aromatic heterocycles. The summed E-state index contributed by atoms with van der Waals surface area (Å²) in [5.74, 6) is 0.107. The summed E-state index contributed by atoms with van der Waals surface area (Å²) in [5.41, 5.74) is 1.23. The molecule has 0 saturated carbocycles. The largest absolute Gasteiger partial charge is 0.325 e. The number of sulfonamides is 1. The number of fused-ring (bicyclic) bond motifs is 1. The van der Waals surface area contributed by atoms with Crippen LogP contribution in [-0.2, 0) is 21.4 Å². The zero-order valence-corrected chi connectivity index (χ0v) is 17.0. The average Bonchev–Trinajstić information content (AvgIpc) is 2.66. The van der Waals surface area contributed by atoms with Crippen molar-refractivity contribution in [3.63, 3.8) is 0 Å². The second kappa shape index (κ2) is 8.44. The molecule has 2 aromatic carbocycles. The molecular weight excluding hydrogens is 392 g/mol. The van der Waals surface area contributed by atoms with E-state index in [2.05, 4.69) is 15.0 Å². The summed E-state index contributed by atoms with van der Waals surface area (Å²) in [7, 11) is -3.37. The van der Waals surface area contributed by atoms with Gasteiger partial charge in [-0.15, -0.1) is 0 Å². The molecule has 2 N–H and O–H groups in total. The van der Waals surface area contributed by atoms with Gasteiger partial charge in [0.15, 0.2) is 0 Å². The van der Waals surface area contributed by atoms with E-state index in [9.17, 15) is 18.0 Å². The Morgan fingerprint density at radius 2 is 1.72 bits per heavy atom. The molecule has 3 aromatic rings. The van der Waals surface area contributed by atoms with E-state index in [1.807, 2.05) is 0 Å². The van der Waals surface area contributed by atoms with E-state index in [1.54, 1.807) is 62.4 Å². The Morgan fingerprint density at radius 3 is 2.41 bits per heavy atom. The van der Waals surface area contributed by atoms with Gasteiger partial charge in [0.2, 0.25) is 15.9 Å². The van der Waals surface area contributed by atoms with Gasteiger partial charge < -0.3 is 5.32 Å². The first-order chi connectivity index (χ1) is 13.8. The van der Waals surface area contributed by atoms with Crippen LogP contribution in [0.5, 0.6) is 0 Å². The highest BCUT2D eigenvalue weighted by atomic mass is 32.2. The van der Waals surface area contributed by atoms with Crippen molar-refractivity contribution in [2.45, 2.75) is 26.8 Å². The van der Waals surface area contributed by atoms with Crippen LogP contribution in [0.4, 0.5) is 11.4 Å². The van der Waals surface area contributed by atoms with Crippen LogP contribution in [0.1, 0.15) is 19.2 Å². The van der Waals surface area contributed by atoms with Gasteiger partial charge in [-0.25, -0.2) is 13.4 Å². The first kappa shape index (κ1) is 20.5. The summed E-state index contributed by atoms with van der Waals surface area (Å²) in [4.78, 5) is 29.4. The number of benzene rings is 2. The van der Waals surface area contributed by atoms with E-state index in [4.69, 9.17) is 0 Å². The zero-order valence-electron chi connectivity index (χ0n) is 16.2. The normalized spacial score (nSPS) is 11.4. The van der Waals surface area contributed by atoms with E-state index in [0.29, 0.717) is 34.5 Å². The lowest BCUT2D eigenvalue weighted by atomic mass is 10.2. The molecule has 3 rings (SSSR count). The molecule has 0 aliphatic rings. The topological polar surface area (TPSA) is 110 Å². The fraction of sp³-hybridized carbons (Fsp3) is 0.250. The summed E-state index contributed by atoms with van der Waals surface area (Å²) in [6, 6.07) is 13.3. The number of anilines is 2. The van der Waals surface area contributed by atoms with E-state index < -0.39 is 10.0 Å². The van der Waals surface area contributed by atoms with Crippen LogP contribution in [0.15, 0.2) is 53.3 Å². The Hall–Kier alpha value is -3.20. The first-order valence-electron chi connectivity index (χ1n) is 9.15. The number of para-hydroxylation sites is 1. The van der Waals surface area contributed by atoms with Crippen LogP contribution < -0.4 is 15.6 Å². The predicted octanol–water partition coefficient (Wildman–Crippen LogP) is 2.50. The lowest BCUT2D eigenvalue weighted by Crippen LogP contribution is -2.30. The second-order valence-electron chi connectivity index (χ2n) is 6.61. The third kappa shape index (κ3) is 5.00. The van der Waals surface area contributed by atoms with Crippen molar-refractivity contribution in [2.75, 3.05) is 15.8 Å². The average molecular weight is 414 g/mol. The molecular formula is C20H22N4O4S. The Bertz CT molecular complexity index is 1200. The second-order valence-corrected chi connectivity index (χ2v) is 8.46. The Balaban J connectivity index is 1.72. The molecule has 9 heteroatoms. The molecule has 0 aliphatic carbocycles. The maximum atomic E-state index is 12.6. The van der Waals surface area contributed by atoms with Gasteiger partial charge in [-0.05, 0) is 49.7 Å². The van der Waals surface area contributed by atoms with E-state index >= 15 is 0 Å². The SMILES string of the molecule is CCCS(=O)(=O)Nc1ccc(NC(=O)Cn2c(C)nc3ccccc3c2=O)cc1. The molecule has 152 valence electrons. The summed E-state index contributed by atoms with van der Waals surface area (Å²) >= 11 is 0. The summed E-state index contributed by atoms with van der Waals surface area (Å²) in [5, 5.41) is 3.16. The number of aryl methyl sites for hydroxylation is 1. The molecule has 0 bridgehead atoms. The van der Waals surface area contributed by atoms with E-state index in [1.165, 1.54) is 4.57 Å². The number of nitrogens with zero attached hydrogens (tertiary/aromatic N) is 2. The van der Waals surface area contributed by atoms with Crippen molar-refractivity contribution in [1.29, 1.82) is 0 Å². The molecule has 1 heterocycles. The van der Waals surface area contributed by atoms with Gasteiger partial charge in [0.05, 0.1) is 16.7 Å². The highest BCUT2D eigenvalue weighted by Crippen LogP contribution is 2.15. The molecule has 0 aliphatic heterocycles. The molecule has 8 nitrogen and oxygen atoms in total. The van der Waals surface area contributed by atoms with Gasteiger partial charge >= 0.3 is 0 Å². The molecule has 0 spiro atoms. The fourth-order valence-electron chi connectivity index (χ4n) is 2.93. The quantitative estimate of drug-likeness (QED) is 0.617. The Labute approximate surface area is 168 Å². The maximum absolute atomic E-state index is 12.6. The number of rotatable bonds is 7. The zero-order chi connectivity index (χ0) is 21.0. The monoisotopic (exact) mass is 414 g/mol. The lowest BCUT2D eigenvalue weighted by Gasteiger charge is -2.12. The van der Waals surface area contributed by atoms with Gasteiger partial charge in [-0.3, -0.25) is 18.9 Å². The van der Waals surface area contributed by atoms with Crippen LogP contribution in [0.3, 0.4) is 0 Å². The van der Waals surface area contributed by atoms with Gasteiger partial charge in [0.25, 0.3) is 5.56 Å².